The van der Waals surface area contributed by atoms with Crippen LogP contribution in [0.3, 0.4) is 0 Å². The lowest BCUT2D eigenvalue weighted by molar-refractivity contribution is -0.200. The van der Waals surface area contributed by atoms with Crippen LogP contribution in [0.2, 0.25) is 0 Å². The number of allylic oxidation sites excluding steroid dienone is 4. The number of Topliss-reactive ketones (excluding diaryl/α,β-unsaturated/α-hetero) is 1. The molecule has 5 fully saturated rings. The van der Waals surface area contributed by atoms with E-state index >= 15 is 0 Å². The van der Waals surface area contributed by atoms with Crippen molar-refractivity contribution in [3.63, 3.8) is 0 Å². The van der Waals surface area contributed by atoms with Gasteiger partial charge < -0.3 is 14.4 Å². The van der Waals surface area contributed by atoms with Gasteiger partial charge in [0.05, 0.1) is 19.1 Å². The zero-order valence-electron chi connectivity index (χ0n) is 22.3. The molecule has 6 nitrogen and oxygen atoms in total. The quantitative estimate of drug-likeness (QED) is 0.465. The molecule has 3 aliphatic carbocycles. The number of rotatable bonds is 0. The summed E-state index contributed by atoms with van der Waals surface area (Å²) in [5.74, 6) is -0.275. The fourth-order valence-electron chi connectivity index (χ4n) is 10.4. The molecule has 1 saturated carbocycles. The summed E-state index contributed by atoms with van der Waals surface area (Å²) in [6, 6.07) is 0. The Bertz CT molecular complexity index is 1160. The summed E-state index contributed by atoms with van der Waals surface area (Å²) in [4.78, 5) is 43.1. The minimum Gasteiger partial charge on any atom is -0.465 e. The molecule has 0 N–H and O–H groups in total. The minimum atomic E-state index is -0.596. The van der Waals surface area contributed by atoms with Gasteiger partial charge in [0, 0.05) is 46.2 Å². The normalized spacial score (nSPS) is 53.2. The van der Waals surface area contributed by atoms with Crippen LogP contribution in [0.5, 0.6) is 0 Å². The van der Waals surface area contributed by atoms with Gasteiger partial charge in [-0.25, -0.2) is 0 Å². The highest BCUT2D eigenvalue weighted by molar-refractivity contribution is 6.00. The highest BCUT2D eigenvalue weighted by Crippen LogP contribution is 2.73. The van der Waals surface area contributed by atoms with E-state index in [2.05, 4.69) is 31.7 Å². The van der Waals surface area contributed by atoms with E-state index in [9.17, 15) is 14.4 Å². The standard InChI is InChI=1S/C30H39NO5/c1-16-9-20-24(21(32)10-16)18(3)25(34)26-27(20,4)12-22-28(5,29(26)13-23(33)35-15-29)6-7-30-11-17(2)8-19(36-30)14-31(22)30/h10,12,17-20,24,26H,6-9,11,13-15H2,1-5H3/t17-,18+,19+,20+,24-,26-,27-,28+,29-,30?/m0/s1. The molecule has 0 aromatic heterocycles. The van der Waals surface area contributed by atoms with Crippen molar-refractivity contribution in [1.29, 1.82) is 0 Å². The highest BCUT2D eigenvalue weighted by atomic mass is 16.5. The molecule has 4 heterocycles. The summed E-state index contributed by atoms with van der Waals surface area (Å²) >= 11 is 0. The van der Waals surface area contributed by atoms with Gasteiger partial charge in [-0.3, -0.25) is 14.4 Å². The second kappa shape index (κ2) is 6.92. The second-order valence-corrected chi connectivity index (χ2v) is 13.9. The van der Waals surface area contributed by atoms with Crippen LogP contribution in [0.15, 0.2) is 23.4 Å². The number of hydrogen-bond acceptors (Lipinski definition) is 6. The summed E-state index contributed by atoms with van der Waals surface area (Å²) in [5, 5.41) is 0. The number of piperidine rings is 1. The maximum Gasteiger partial charge on any atom is 0.306 e. The summed E-state index contributed by atoms with van der Waals surface area (Å²) in [6.45, 7) is 12.0. The second-order valence-electron chi connectivity index (χ2n) is 13.9. The van der Waals surface area contributed by atoms with E-state index in [1.54, 1.807) is 6.08 Å². The van der Waals surface area contributed by atoms with Crippen LogP contribution in [0.4, 0.5) is 0 Å². The number of carbonyl (C=O) groups is 3. The molecule has 7 aliphatic rings. The minimum absolute atomic E-state index is 0.0389. The average molecular weight is 494 g/mol. The van der Waals surface area contributed by atoms with E-state index in [-0.39, 0.29) is 64.9 Å². The van der Waals surface area contributed by atoms with Crippen LogP contribution in [-0.2, 0) is 23.9 Å². The molecule has 0 amide bonds. The Morgan fingerprint density at radius 3 is 2.61 bits per heavy atom. The molecule has 0 aromatic rings. The van der Waals surface area contributed by atoms with Crippen molar-refractivity contribution in [3.8, 4) is 0 Å². The first kappa shape index (κ1) is 23.2. The fourth-order valence-corrected chi connectivity index (χ4v) is 10.4. The van der Waals surface area contributed by atoms with Gasteiger partial charge in [-0.15, -0.1) is 0 Å². The molecule has 1 unspecified atom stereocenters. The van der Waals surface area contributed by atoms with E-state index < -0.39 is 10.8 Å². The lowest BCUT2D eigenvalue weighted by Gasteiger charge is -2.67. The molecule has 0 aromatic carbocycles. The van der Waals surface area contributed by atoms with Crippen LogP contribution < -0.4 is 0 Å². The van der Waals surface area contributed by atoms with Crippen LogP contribution in [0.25, 0.3) is 0 Å². The SMILES string of the molecule is CC1=CC(=O)[C@@H]2[C@@H](C1)[C@]1(C)C=C3N4C[C@H]5C[C@H](C)CC4(CC[C@@]3(C)[C@@]3(COC(=O)C3)[C@H]1C(=O)[C@@H]2C)O5. The van der Waals surface area contributed by atoms with E-state index in [1.165, 1.54) is 5.70 Å². The van der Waals surface area contributed by atoms with E-state index in [0.717, 1.165) is 44.2 Å². The summed E-state index contributed by atoms with van der Waals surface area (Å²) in [7, 11) is 0. The third kappa shape index (κ3) is 2.55. The molecule has 7 rings (SSSR count). The van der Waals surface area contributed by atoms with Crippen LogP contribution in [0.1, 0.15) is 73.1 Å². The molecule has 10 atom stereocenters. The number of esters is 1. The number of carbonyl (C=O) groups excluding carboxylic acids is 3. The monoisotopic (exact) mass is 493 g/mol. The largest absolute Gasteiger partial charge is 0.465 e. The number of hydrogen-bond donors (Lipinski definition) is 0. The van der Waals surface area contributed by atoms with Crippen molar-refractivity contribution in [3.05, 3.63) is 23.4 Å². The van der Waals surface area contributed by atoms with Gasteiger partial charge in [0.15, 0.2) is 5.78 Å². The fraction of sp³-hybridized carbons (Fsp3) is 0.767. The Morgan fingerprint density at radius 1 is 1.11 bits per heavy atom. The molecule has 0 radical (unpaired) electrons. The topological polar surface area (TPSA) is 72.9 Å². The van der Waals surface area contributed by atoms with Crippen molar-refractivity contribution >= 4 is 17.5 Å². The Labute approximate surface area is 213 Å². The van der Waals surface area contributed by atoms with Crippen LogP contribution in [0, 0.1) is 45.8 Å². The van der Waals surface area contributed by atoms with Gasteiger partial charge in [0.25, 0.3) is 0 Å². The number of cyclic esters (lactones) is 1. The average Bonchev–Trinajstić information content (AvgIpc) is 3.31. The zero-order valence-corrected chi connectivity index (χ0v) is 22.3. The molecular weight excluding hydrogens is 454 g/mol. The van der Waals surface area contributed by atoms with Gasteiger partial charge in [0.2, 0.25) is 0 Å². The third-order valence-electron chi connectivity index (χ3n) is 11.9. The van der Waals surface area contributed by atoms with Crippen molar-refractivity contribution in [2.24, 2.45) is 45.8 Å². The van der Waals surface area contributed by atoms with Crippen molar-refractivity contribution < 1.29 is 23.9 Å². The Balaban J connectivity index is 1.47. The number of ketones is 2. The first-order valence-corrected chi connectivity index (χ1v) is 14.0. The van der Waals surface area contributed by atoms with Crippen LogP contribution >= 0.6 is 0 Å². The first-order chi connectivity index (χ1) is 16.9. The van der Waals surface area contributed by atoms with E-state index in [1.807, 2.05) is 13.8 Å². The summed E-state index contributed by atoms with van der Waals surface area (Å²) in [5.41, 5.74) is 0.583. The number of ether oxygens (including phenoxy) is 2. The Hall–Kier alpha value is -1.95. The molecule has 194 valence electrons. The van der Waals surface area contributed by atoms with E-state index in [4.69, 9.17) is 9.47 Å². The van der Waals surface area contributed by atoms with Gasteiger partial charge in [0.1, 0.15) is 11.5 Å². The molecule has 2 spiro atoms. The molecule has 6 heteroatoms. The Kier molecular flexibility index (Phi) is 4.46. The Morgan fingerprint density at radius 2 is 1.89 bits per heavy atom. The van der Waals surface area contributed by atoms with E-state index in [0.29, 0.717) is 12.5 Å². The molecular formula is C30H39NO5. The maximum absolute atomic E-state index is 14.4. The van der Waals surface area contributed by atoms with Crippen molar-refractivity contribution in [1.82, 2.24) is 4.90 Å². The predicted octanol–water partition coefficient (Wildman–Crippen LogP) is 4.44. The number of nitrogens with zero attached hydrogens (tertiary/aromatic N) is 1. The third-order valence-corrected chi connectivity index (χ3v) is 11.9. The van der Waals surface area contributed by atoms with Gasteiger partial charge >= 0.3 is 5.97 Å². The smallest absolute Gasteiger partial charge is 0.306 e. The predicted molar refractivity (Wildman–Crippen MR) is 132 cm³/mol. The maximum atomic E-state index is 14.4. The molecule has 4 aliphatic heterocycles. The lowest BCUT2D eigenvalue weighted by atomic mass is 9.37. The van der Waals surface area contributed by atoms with Gasteiger partial charge in [-0.05, 0) is 56.9 Å². The van der Waals surface area contributed by atoms with Gasteiger partial charge in [-0.1, -0.05) is 39.3 Å². The van der Waals surface area contributed by atoms with Crippen LogP contribution in [-0.4, -0.2) is 47.4 Å². The summed E-state index contributed by atoms with van der Waals surface area (Å²) in [6.07, 6.45) is 9.38. The molecule has 4 saturated heterocycles. The summed E-state index contributed by atoms with van der Waals surface area (Å²) < 4.78 is 12.5. The first-order valence-electron chi connectivity index (χ1n) is 14.0. The number of fused-ring (bicyclic) bond motifs is 8. The van der Waals surface area contributed by atoms with Crippen molar-refractivity contribution in [2.75, 3.05) is 13.2 Å². The lowest BCUT2D eigenvalue weighted by Crippen LogP contribution is -2.69. The van der Waals surface area contributed by atoms with Gasteiger partial charge in [-0.2, -0.15) is 0 Å². The zero-order chi connectivity index (χ0) is 25.4. The highest BCUT2D eigenvalue weighted by Gasteiger charge is 2.74. The molecule has 36 heavy (non-hydrogen) atoms. The molecule has 2 bridgehead atoms. The van der Waals surface area contributed by atoms with Crippen molar-refractivity contribution in [2.45, 2.75) is 85.0 Å².